The normalized spacial score (nSPS) is 20.4. The molecule has 0 aromatic carbocycles. The minimum Gasteiger partial charge on any atom is -0.598 e. The molecule has 1 saturated carbocycles. The average Bonchev–Trinajstić information content (AvgIpc) is 3.42. The second-order valence-corrected chi connectivity index (χ2v) is 13.5. The van der Waals surface area contributed by atoms with Gasteiger partial charge in [-0.2, -0.15) is 5.26 Å². The molecule has 1 N–H and O–H groups in total. The lowest BCUT2D eigenvalue weighted by Crippen LogP contribution is -2.57. The van der Waals surface area contributed by atoms with Crippen LogP contribution in [0, 0.1) is 23.1 Å². The van der Waals surface area contributed by atoms with E-state index in [9.17, 15) is 27.0 Å². The maximum Gasteiger partial charge on any atom is 0.189 e. The number of pyridine rings is 1. The van der Waals surface area contributed by atoms with Gasteiger partial charge in [0.15, 0.2) is 14.6 Å². The van der Waals surface area contributed by atoms with Gasteiger partial charge in [-0.15, -0.1) is 4.72 Å². The third-order valence-corrected chi connectivity index (χ3v) is 9.66. The van der Waals surface area contributed by atoms with Gasteiger partial charge in [0.25, 0.3) is 0 Å². The van der Waals surface area contributed by atoms with E-state index in [1.165, 1.54) is 13.0 Å². The van der Waals surface area contributed by atoms with Gasteiger partial charge in [0, 0.05) is 11.4 Å². The van der Waals surface area contributed by atoms with Crippen molar-refractivity contribution in [3.05, 3.63) is 28.2 Å². The lowest BCUT2D eigenvalue weighted by atomic mass is 10.0. The van der Waals surface area contributed by atoms with Crippen LogP contribution in [0.25, 0.3) is 0 Å². The molecule has 2 unspecified atom stereocenters. The number of hydrogen-bond donors (Lipinski definition) is 1. The Kier molecular flexibility index (Phi) is 7.07. The van der Waals surface area contributed by atoms with Crippen LogP contribution in [0.3, 0.4) is 0 Å². The van der Waals surface area contributed by atoms with Crippen LogP contribution in [-0.2, 0) is 26.7 Å². The van der Waals surface area contributed by atoms with Gasteiger partial charge in [0.05, 0.1) is 11.8 Å². The lowest BCUT2D eigenvalue weighted by Gasteiger charge is -2.36. The van der Waals surface area contributed by atoms with Crippen LogP contribution in [0.2, 0.25) is 0 Å². The molecule has 2 rings (SSSR count). The highest BCUT2D eigenvalue weighted by atomic mass is 79.9. The predicted octanol–water partition coefficient (Wildman–Crippen LogP) is 3.31. The van der Waals surface area contributed by atoms with E-state index in [1.807, 2.05) is 0 Å². The third kappa shape index (κ3) is 4.93. The van der Waals surface area contributed by atoms with Crippen molar-refractivity contribution in [3.63, 3.8) is 0 Å². The predicted molar refractivity (Wildman–Crippen MR) is 111 cm³/mol. The molecule has 6 nitrogen and oxygen atoms in total. The Morgan fingerprint density at radius 1 is 1.38 bits per heavy atom. The molecule has 11 heteroatoms. The highest BCUT2D eigenvalue weighted by Gasteiger charge is 2.58. The van der Waals surface area contributed by atoms with Crippen LogP contribution < -0.4 is 4.72 Å². The SMILES string of the molecule is CC(C)(C)[S+]([O-])N[C@@](C)(CS(=O)(=O)C(C#N)(CF)C1CC1)c1nc(Br)ccc1F. The van der Waals surface area contributed by atoms with Crippen LogP contribution in [0.4, 0.5) is 8.78 Å². The van der Waals surface area contributed by atoms with E-state index < -0.39 is 60.4 Å². The first kappa shape index (κ1) is 24.5. The molecule has 1 heterocycles. The van der Waals surface area contributed by atoms with Crippen LogP contribution in [0.15, 0.2) is 16.7 Å². The fourth-order valence-corrected chi connectivity index (χ4v) is 6.56. The molecule has 0 aliphatic heterocycles. The summed E-state index contributed by atoms with van der Waals surface area (Å²) in [5.41, 5.74) is -2.05. The molecular formula is C18H24BrF2N3O3S2. The number of nitriles is 1. The number of aromatic nitrogens is 1. The monoisotopic (exact) mass is 511 g/mol. The third-order valence-electron chi connectivity index (χ3n) is 4.87. The van der Waals surface area contributed by atoms with Gasteiger partial charge in [-0.05, 0) is 74.5 Å². The van der Waals surface area contributed by atoms with Crippen molar-refractivity contribution < 1.29 is 21.8 Å². The second kappa shape index (κ2) is 8.38. The van der Waals surface area contributed by atoms with Crippen molar-refractivity contribution in [2.24, 2.45) is 5.92 Å². The Morgan fingerprint density at radius 2 is 1.97 bits per heavy atom. The van der Waals surface area contributed by atoms with Gasteiger partial charge < -0.3 is 4.55 Å². The molecule has 162 valence electrons. The number of alkyl halides is 1. The molecule has 0 radical (unpaired) electrons. The smallest absolute Gasteiger partial charge is 0.189 e. The van der Waals surface area contributed by atoms with Crippen LogP contribution in [0.1, 0.15) is 46.2 Å². The molecule has 1 fully saturated rings. The van der Waals surface area contributed by atoms with E-state index in [-0.39, 0.29) is 10.3 Å². The first-order valence-corrected chi connectivity index (χ1v) is 12.5. The molecule has 1 aliphatic carbocycles. The van der Waals surface area contributed by atoms with Crippen LogP contribution in [-0.4, -0.2) is 39.9 Å². The highest BCUT2D eigenvalue weighted by molar-refractivity contribution is 9.10. The van der Waals surface area contributed by atoms with Crippen molar-refractivity contribution in [3.8, 4) is 6.07 Å². The van der Waals surface area contributed by atoms with Crippen LogP contribution in [0.5, 0.6) is 0 Å². The van der Waals surface area contributed by atoms with Crippen molar-refractivity contribution >= 4 is 37.1 Å². The summed E-state index contributed by atoms with van der Waals surface area (Å²) in [7, 11) is -4.40. The first-order chi connectivity index (χ1) is 13.2. The molecule has 1 aliphatic rings. The molecule has 0 saturated heterocycles. The summed E-state index contributed by atoms with van der Waals surface area (Å²) in [6.07, 6.45) is 0.858. The molecule has 1 aromatic heterocycles. The summed E-state index contributed by atoms with van der Waals surface area (Å²) in [4.78, 5) is 4.06. The minimum atomic E-state index is -4.40. The molecule has 0 bridgehead atoms. The fraction of sp³-hybridized carbons (Fsp3) is 0.667. The summed E-state index contributed by atoms with van der Waals surface area (Å²) < 4.78 is 67.8. The van der Waals surface area contributed by atoms with Crippen molar-refractivity contribution in [1.29, 1.82) is 5.26 Å². The Balaban J connectivity index is 2.59. The summed E-state index contributed by atoms with van der Waals surface area (Å²) in [6, 6.07) is 4.11. The second-order valence-electron chi connectivity index (χ2n) is 8.45. The molecule has 1 aromatic rings. The molecule has 0 spiro atoms. The van der Waals surface area contributed by atoms with Crippen molar-refractivity contribution in [2.75, 3.05) is 12.4 Å². The standard InChI is InChI=1S/C18H24BrF2N3O3S2/c1-16(2,3)28(25)24-17(4,15-13(21)7-8-14(19)23-15)11-29(26,27)18(9-20,10-22)12-5-6-12/h7-8,12,24H,5-6,9,11H2,1-4H3/t17-,18?,28?/m0/s1. The highest BCUT2D eigenvalue weighted by Crippen LogP contribution is 2.46. The number of halogens is 3. The largest absolute Gasteiger partial charge is 0.598 e. The van der Waals surface area contributed by atoms with Crippen LogP contribution >= 0.6 is 15.9 Å². The molecule has 29 heavy (non-hydrogen) atoms. The van der Waals surface area contributed by atoms with Gasteiger partial charge in [-0.25, -0.2) is 22.2 Å². The van der Waals surface area contributed by atoms with Crippen molar-refractivity contribution in [1.82, 2.24) is 9.71 Å². The van der Waals surface area contributed by atoms with E-state index in [4.69, 9.17) is 0 Å². The zero-order valence-electron chi connectivity index (χ0n) is 16.6. The molecule has 0 amide bonds. The molecule has 3 atom stereocenters. The van der Waals surface area contributed by atoms with E-state index >= 15 is 0 Å². The van der Waals surface area contributed by atoms with E-state index in [0.29, 0.717) is 12.8 Å². The average molecular weight is 512 g/mol. The summed E-state index contributed by atoms with van der Waals surface area (Å²) >= 11 is 1.34. The maximum atomic E-state index is 14.7. The Hall–Kier alpha value is -0.800. The zero-order valence-corrected chi connectivity index (χ0v) is 19.8. The number of nitrogens with zero attached hydrogens (tertiary/aromatic N) is 2. The van der Waals surface area contributed by atoms with E-state index in [0.717, 1.165) is 6.07 Å². The maximum absolute atomic E-state index is 14.7. The quantitative estimate of drug-likeness (QED) is 0.423. The summed E-state index contributed by atoms with van der Waals surface area (Å²) in [6.45, 7) is 4.99. The van der Waals surface area contributed by atoms with Gasteiger partial charge in [0.2, 0.25) is 0 Å². The number of sulfone groups is 1. The van der Waals surface area contributed by atoms with Gasteiger partial charge in [-0.3, -0.25) is 0 Å². The topological polar surface area (TPSA) is 106 Å². The number of hydrogen-bond acceptors (Lipinski definition) is 6. The van der Waals surface area contributed by atoms with Crippen molar-refractivity contribution in [2.45, 2.75) is 55.6 Å². The van der Waals surface area contributed by atoms with E-state index in [2.05, 4.69) is 25.6 Å². The van der Waals surface area contributed by atoms with Gasteiger partial charge in [-0.1, -0.05) is 0 Å². The molecular weight excluding hydrogens is 488 g/mol. The summed E-state index contributed by atoms with van der Waals surface area (Å²) in [5.74, 6) is -2.25. The Labute approximate surface area is 181 Å². The minimum absolute atomic E-state index is 0.250. The van der Waals surface area contributed by atoms with Gasteiger partial charge >= 0.3 is 0 Å². The number of nitrogens with one attached hydrogen (secondary N) is 1. The Bertz CT molecular complexity index is 916. The van der Waals surface area contributed by atoms with E-state index in [1.54, 1.807) is 26.8 Å². The van der Waals surface area contributed by atoms with Gasteiger partial charge in [0.1, 0.15) is 33.1 Å². The number of rotatable bonds is 8. The zero-order chi connectivity index (χ0) is 22.3. The first-order valence-electron chi connectivity index (χ1n) is 8.94. The fourth-order valence-electron chi connectivity index (χ4n) is 3.00. The summed E-state index contributed by atoms with van der Waals surface area (Å²) in [5, 5.41) is 9.55. The lowest BCUT2D eigenvalue weighted by molar-refractivity contribution is 0.382. The Morgan fingerprint density at radius 3 is 2.41 bits per heavy atom.